The van der Waals surface area contributed by atoms with Gasteiger partial charge in [-0.3, -0.25) is 4.79 Å². The van der Waals surface area contributed by atoms with E-state index in [4.69, 9.17) is 0 Å². The minimum atomic E-state index is -1.15. The Hall–Kier alpha value is -1.79. The Morgan fingerprint density at radius 1 is 1.36 bits per heavy atom. The fourth-order valence-corrected chi connectivity index (χ4v) is 2.80. The topological polar surface area (TPSA) is 49.3 Å². The van der Waals surface area contributed by atoms with Gasteiger partial charge in [-0.05, 0) is 47.4 Å². The molecule has 0 aliphatic carbocycles. The molecule has 1 aromatic carbocycles. The highest BCUT2D eigenvalue weighted by Gasteiger charge is 2.24. The van der Waals surface area contributed by atoms with Crippen molar-refractivity contribution in [1.29, 1.82) is 0 Å². The van der Waals surface area contributed by atoms with Crippen LogP contribution < -0.4 is 5.32 Å². The summed E-state index contributed by atoms with van der Waals surface area (Å²) in [5.74, 6) is -2.15. The molecule has 0 aliphatic rings. The van der Waals surface area contributed by atoms with Crippen LogP contribution in [0.25, 0.3) is 0 Å². The second-order valence-electron chi connectivity index (χ2n) is 5.28. The third-order valence-electron chi connectivity index (χ3n) is 3.43. The van der Waals surface area contributed by atoms with Gasteiger partial charge in [-0.15, -0.1) is 0 Å². The molecule has 1 atom stereocenters. The van der Waals surface area contributed by atoms with Crippen LogP contribution in [0.4, 0.5) is 8.78 Å². The van der Waals surface area contributed by atoms with Gasteiger partial charge in [0, 0.05) is 6.42 Å². The molecule has 0 spiro atoms. The number of benzene rings is 1. The first-order valence-corrected chi connectivity index (χ1v) is 7.79. The fourth-order valence-electron chi connectivity index (χ4n) is 2.02. The van der Waals surface area contributed by atoms with Crippen LogP contribution in [-0.4, -0.2) is 17.6 Å². The van der Waals surface area contributed by atoms with Gasteiger partial charge in [0.2, 0.25) is 5.91 Å². The monoisotopic (exact) mass is 325 g/mol. The van der Waals surface area contributed by atoms with Crippen LogP contribution in [0, 0.1) is 11.6 Å². The zero-order valence-corrected chi connectivity index (χ0v) is 12.9. The smallest absolute Gasteiger partial charge is 0.220 e. The Bertz CT molecular complexity index is 642. The van der Waals surface area contributed by atoms with Gasteiger partial charge < -0.3 is 10.4 Å². The normalized spacial score (nSPS) is 13.6. The predicted octanol–water partition coefficient (Wildman–Crippen LogP) is 2.98. The van der Waals surface area contributed by atoms with E-state index in [1.165, 1.54) is 23.5 Å². The number of carbonyl (C=O) groups is 1. The molecule has 2 N–H and O–H groups in total. The minimum absolute atomic E-state index is 0.0279. The SMILES string of the molecule is CC(O)(CNC(=O)CCc1cccc(F)c1F)c1ccsc1. The summed E-state index contributed by atoms with van der Waals surface area (Å²) >= 11 is 1.46. The first-order chi connectivity index (χ1) is 10.4. The molecular weight excluding hydrogens is 308 g/mol. The molecule has 0 fully saturated rings. The number of aryl methyl sites for hydroxylation is 1. The quantitative estimate of drug-likeness (QED) is 0.858. The third-order valence-corrected chi connectivity index (χ3v) is 4.11. The number of nitrogens with one attached hydrogen (secondary N) is 1. The third kappa shape index (κ3) is 4.11. The number of hydrogen-bond donors (Lipinski definition) is 2. The van der Waals surface area contributed by atoms with Crippen LogP contribution in [0.15, 0.2) is 35.0 Å². The van der Waals surface area contributed by atoms with Gasteiger partial charge in [-0.2, -0.15) is 11.3 Å². The molecule has 1 aromatic heterocycles. The lowest BCUT2D eigenvalue weighted by atomic mass is 9.99. The van der Waals surface area contributed by atoms with E-state index in [0.717, 1.165) is 11.6 Å². The number of aliphatic hydroxyl groups is 1. The summed E-state index contributed by atoms with van der Waals surface area (Å²) in [6.07, 6.45) is 0.135. The lowest BCUT2D eigenvalue weighted by Crippen LogP contribution is -2.38. The van der Waals surface area contributed by atoms with Gasteiger partial charge in [0.25, 0.3) is 0 Å². The summed E-state index contributed by atoms with van der Waals surface area (Å²) in [6, 6.07) is 5.69. The summed E-state index contributed by atoms with van der Waals surface area (Å²) in [7, 11) is 0. The van der Waals surface area contributed by atoms with Gasteiger partial charge in [0.1, 0.15) is 5.60 Å². The number of amides is 1. The first kappa shape index (κ1) is 16.6. The highest BCUT2D eigenvalue weighted by Crippen LogP contribution is 2.22. The molecule has 0 saturated heterocycles. The van der Waals surface area contributed by atoms with Crippen molar-refractivity contribution in [3.63, 3.8) is 0 Å². The van der Waals surface area contributed by atoms with Gasteiger partial charge in [0.05, 0.1) is 6.54 Å². The average Bonchev–Trinajstić information content (AvgIpc) is 3.02. The number of rotatable bonds is 6. The predicted molar refractivity (Wildman–Crippen MR) is 81.6 cm³/mol. The molecule has 0 radical (unpaired) electrons. The number of halogens is 2. The molecular formula is C16H17F2NO2S. The molecule has 1 unspecified atom stereocenters. The van der Waals surface area contributed by atoms with Crippen molar-refractivity contribution in [2.45, 2.75) is 25.4 Å². The van der Waals surface area contributed by atoms with E-state index >= 15 is 0 Å². The van der Waals surface area contributed by atoms with Crippen molar-refractivity contribution in [2.24, 2.45) is 0 Å². The highest BCUT2D eigenvalue weighted by atomic mass is 32.1. The van der Waals surface area contributed by atoms with E-state index in [0.29, 0.717) is 0 Å². The molecule has 6 heteroatoms. The van der Waals surface area contributed by atoms with Crippen LogP contribution in [0.3, 0.4) is 0 Å². The Morgan fingerprint density at radius 2 is 2.14 bits per heavy atom. The molecule has 22 heavy (non-hydrogen) atoms. The van der Waals surface area contributed by atoms with E-state index in [1.54, 1.807) is 13.0 Å². The van der Waals surface area contributed by atoms with Crippen molar-refractivity contribution in [1.82, 2.24) is 5.32 Å². The maximum atomic E-state index is 13.5. The lowest BCUT2D eigenvalue weighted by molar-refractivity contribution is -0.122. The maximum absolute atomic E-state index is 13.5. The van der Waals surface area contributed by atoms with E-state index in [-0.39, 0.29) is 30.9 Å². The molecule has 1 amide bonds. The number of hydrogen-bond acceptors (Lipinski definition) is 3. The molecule has 118 valence electrons. The molecule has 0 bridgehead atoms. The first-order valence-electron chi connectivity index (χ1n) is 6.85. The van der Waals surface area contributed by atoms with Crippen LogP contribution in [0.2, 0.25) is 0 Å². The van der Waals surface area contributed by atoms with Crippen molar-refractivity contribution in [3.8, 4) is 0 Å². The zero-order chi connectivity index (χ0) is 16.2. The second kappa shape index (κ2) is 6.98. The standard InChI is InChI=1S/C16H17F2NO2S/c1-16(21,12-7-8-22-9-12)10-19-14(20)6-5-11-3-2-4-13(17)15(11)18/h2-4,7-9,21H,5-6,10H2,1H3,(H,19,20). The Kier molecular flexibility index (Phi) is 5.26. The van der Waals surface area contributed by atoms with Gasteiger partial charge in [-0.1, -0.05) is 12.1 Å². The average molecular weight is 325 g/mol. The fraction of sp³-hybridized carbons (Fsp3) is 0.312. The Morgan fingerprint density at radius 3 is 2.82 bits per heavy atom. The zero-order valence-electron chi connectivity index (χ0n) is 12.1. The summed E-state index contributed by atoms with van der Waals surface area (Å²) < 4.78 is 26.5. The van der Waals surface area contributed by atoms with Crippen molar-refractivity contribution in [2.75, 3.05) is 6.54 Å². The largest absolute Gasteiger partial charge is 0.384 e. The van der Waals surface area contributed by atoms with E-state index in [2.05, 4.69) is 5.32 Å². The number of carbonyl (C=O) groups excluding carboxylic acids is 1. The van der Waals surface area contributed by atoms with Crippen LogP contribution in [0.5, 0.6) is 0 Å². The summed E-state index contributed by atoms with van der Waals surface area (Å²) in [4.78, 5) is 11.8. The van der Waals surface area contributed by atoms with Gasteiger partial charge in [0.15, 0.2) is 11.6 Å². The number of thiophene rings is 1. The highest BCUT2D eigenvalue weighted by molar-refractivity contribution is 7.08. The van der Waals surface area contributed by atoms with Crippen molar-refractivity contribution >= 4 is 17.2 Å². The van der Waals surface area contributed by atoms with E-state index in [1.807, 2.05) is 10.8 Å². The van der Waals surface area contributed by atoms with Gasteiger partial charge >= 0.3 is 0 Å². The Balaban J connectivity index is 1.85. The summed E-state index contributed by atoms with van der Waals surface area (Å²) in [6.45, 7) is 1.68. The van der Waals surface area contributed by atoms with Crippen LogP contribution in [0.1, 0.15) is 24.5 Å². The molecule has 0 saturated carbocycles. The van der Waals surface area contributed by atoms with Crippen LogP contribution in [-0.2, 0) is 16.8 Å². The van der Waals surface area contributed by atoms with Crippen molar-refractivity contribution < 1.29 is 18.7 Å². The molecule has 0 aliphatic heterocycles. The second-order valence-corrected chi connectivity index (χ2v) is 6.06. The lowest BCUT2D eigenvalue weighted by Gasteiger charge is -2.22. The molecule has 2 aromatic rings. The Labute approximate surface area is 131 Å². The molecule has 1 heterocycles. The van der Waals surface area contributed by atoms with E-state index in [9.17, 15) is 18.7 Å². The summed E-state index contributed by atoms with van der Waals surface area (Å²) in [5, 5.41) is 16.5. The molecule has 3 nitrogen and oxygen atoms in total. The van der Waals surface area contributed by atoms with Crippen LogP contribution >= 0.6 is 11.3 Å². The van der Waals surface area contributed by atoms with Gasteiger partial charge in [-0.25, -0.2) is 8.78 Å². The van der Waals surface area contributed by atoms with Crippen molar-refractivity contribution in [3.05, 3.63) is 57.8 Å². The molecule has 2 rings (SSSR count). The minimum Gasteiger partial charge on any atom is -0.384 e. The summed E-state index contributed by atoms with van der Waals surface area (Å²) in [5.41, 5.74) is -0.256. The maximum Gasteiger partial charge on any atom is 0.220 e. The van der Waals surface area contributed by atoms with E-state index < -0.39 is 17.2 Å².